The molecule has 0 saturated heterocycles. The lowest BCUT2D eigenvalue weighted by atomic mass is 10.1. The number of aromatic nitrogens is 2. The number of likely N-dealkylation sites (N-methyl/N-ethyl adjacent to an activating group) is 1. The minimum atomic E-state index is -0.712. The minimum Gasteiger partial charge on any atom is -0.352 e. The van der Waals surface area contributed by atoms with Gasteiger partial charge in [-0.15, -0.1) is 0 Å². The van der Waals surface area contributed by atoms with E-state index >= 15 is 0 Å². The third kappa shape index (κ3) is 3.48. The standard InChI is InChI=1S/C13H10Cl2N4O2/c1-16-12(21)10(20)7-4-2-3-5-9(7)18-11-8(14)6-17-13(15)19-11/h2-6H,1H3,(H,16,21)(H,17,18,19). The summed E-state index contributed by atoms with van der Waals surface area (Å²) >= 11 is 11.7. The Hall–Kier alpha value is -2.18. The van der Waals surface area contributed by atoms with E-state index in [9.17, 15) is 9.59 Å². The first kappa shape index (κ1) is 15.2. The van der Waals surface area contributed by atoms with Gasteiger partial charge in [-0.2, -0.15) is 4.98 Å². The van der Waals surface area contributed by atoms with E-state index in [2.05, 4.69) is 20.6 Å². The maximum atomic E-state index is 12.0. The van der Waals surface area contributed by atoms with Gasteiger partial charge in [0, 0.05) is 7.05 Å². The molecule has 2 rings (SSSR count). The van der Waals surface area contributed by atoms with Gasteiger partial charge in [-0.25, -0.2) is 4.98 Å². The third-order valence-electron chi connectivity index (χ3n) is 2.57. The number of rotatable bonds is 4. The van der Waals surface area contributed by atoms with Crippen LogP contribution in [0.5, 0.6) is 0 Å². The summed E-state index contributed by atoms with van der Waals surface area (Å²) in [6.07, 6.45) is 1.34. The molecule has 0 fully saturated rings. The zero-order valence-corrected chi connectivity index (χ0v) is 12.4. The molecule has 1 aromatic heterocycles. The van der Waals surface area contributed by atoms with E-state index in [1.165, 1.54) is 19.3 Å². The summed E-state index contributed by atoms with van der Waals surface area (Å²) in [5.41, 5.74) is 0.588. The average molecular weight is 325 g/mol. The highest BCUT2D eigenvalue weighted by atomic mass is 35.5. The van der Waals surface area contributed by atoms with E-state index in [1.54, 1.807) is 18.2 Å². The van der Waals surface area contributed by atoms with Crippen molar-refractivity contribution in [1.29, 1.82) is 0 Å². The Balaban J connectivity index is 2.39. The predicted octanol–water partition coefficient (Wildman–Crippen LogP) is 2.46. The number of nitrogens with zero attached hydrogens (tertiary/aromatic N) is 2. The highest BCUT2D eigenvalue weighted by Gasteiger charge is 2.18. The van der Waals surface area contributed by atoms with Crippen LogP contribution in [-0.2, 0) is 4.79 Å². The summed E-state index contributed by atoms with van der Waals surface area (Å²) in [7, 11) is 1.39. The molecule has 0 atom stereocenters. The summed E-state index contributed by atoms with van der Waals surface area (Å²) in [6.45, 7) is 0. The highest BCUT2D eigenvalue weighted by molar-refractivity contribution is 6.44. The molecule has 1 amide bonds. The second-order valence-corrected chi connectivity index (χ2v) is 4.66. The number of amides is 1. The molecule has 2 N–H and O–H groups in total. The van der Waals surface area contributed by atoms with E-state index in [-0.39, 0.29) is 21.7 Å². The van der Waals surface area contributed by atoms with Gasteiger partial charge in [0.05, 0.1) is 17.4 Å². The van der Waals surface area contributed by atoms with Gasteiger partial charge in [-0.3, -0.25) is 9.59 Å². The Labute approximate surface area is 130 Å². The van der Waals surface area contributed by atoms with Crippen molar-refractivity contribution in [1.82, 2.24) is 15.3 Å². The molecule has 1 aromatic carbocycles. The minimum absolute atomic E-state index is 0.0111. The molecule has 6 nitrogen and oxygen atoms in total. The number of Topliss-reactive ketones (excluding diaryl/α,β-unsaturated/α-hetero) is 1. The van der Waals surface area contributed by atoms with E-state index in [1.807, 2.05) is 0 Å². The summed E-state index contributed by atoms with van der Waals surface area (Å²) in [5, 5.41) is 5.41. The molecule has 0 unspecified atom stereocenters. The Kier molecular flexibility index (Phi) is 4.72. The summed E-state index contributed by atoms with van der Waals surface area (Å²) < 4.78 is 0. The van der Waals surface area contributed by atoms with Crippen molar-refractivity contribution in [2.24, 2.45) is 0 Å². The maximum Gasteiger partial charge on any atom is 0.292 e. The maximum absolute atomic E-state index is 12.0. The number of carbonyl (C=O) groups excluding carboxylic acids is 2. The van der Waals surface area contributed by atoms with Crippen molar-refractivity contribution >= 4 is 46.4 Å². The van der Waals surface area contributed by atoms with Crippen molar-refractivity contribution in [2.75, 3.05) is 12.4 Å². The lowest BCUT2D eigenvalue weighted by Crippen LogP contribution is -2.28. The molecule has 2 aromatic rings. The van der Waals surface area contributed by atoms with Crippen molar-refractivity contribution < 1.29 is 9.59 Å². The number of para-hydroxylation sites is 1. The largest absolute Gasteiger partial charge is 0.352 e. The Bertz CT molecular complexity index is 706. The van der Waals surface area contributed by atoms with Crippen molar-refractivity contribution in [3.05, 3.63) is 46.3 Å². The fourth-order valence-electron chi connectivity index (χ4n) is 1.59. The first-order valence-corrected chi connectivity index (χ1v) is 6.59. The SMILES string of the molecule is CNC(=O)C(=O)c1ccccc1Nc1nc(Cl)ncc1Cl. The first-order chi connectivity index (χ1) is 10.0. The summed E-state index contributed by atoms with van der Waals surface area (Å²) in [5.74, 6) is -1.14. The topological polar surface area (TPSA) is 84.0 Å². The molecule has 0 radical (unpaired) electrons. The van der Waals surface area contributed by atoms with Gasteiger partial charge in [0.2, 0.25) is 5.28 Å². The number of ketones is 1. The van der Waals surface area contributed by atoms with Gasteiger partial charge in [-0.05, 0) is 23.7 Å². The lowest BCUT2D eigenvalue weighted by molar-refractivity contribution is -0.116. The molecule has 1 heterocycles. The van der Waals surface area contributed by atoms with Gasteiger partial charge in [-0.1, -0.05) is 23.7 Å². The number of hydrogen-bond donors (Lipinski definition) is 2. The van der Waals surface area contributed by atoms with Crippen LogP contribution in [0.2, 0.25) is 10.3 Å². The quantitative estimate of drug-likeness (QED) is 0.512. The van der Waals surface area contributed by atoms with Crippen LogP contribution in [0, 0.1) is 0 Å². The van der Waals surface area contributed by atoms with Crippen molar-refractivity contribution in [2.45, 2.75) is 0 Å². The van der Waals surface area contributed by atoms with Crippen LogP contribution in [0.25, 0.3) is 0 Å². The third-order valence-corrected chi connectivity index (χ3v) is 3.03. The highest BCUT2D eigenvalue weighted by Crippen LogP contribution is 2.26. The van der Waals surface area contributed by atoms with Crippen molar-refractivity contribution in [3.63, 3.8) is 0 Å². The Morgan fingerprint density at radius 2 is 1.90 bits per heavy atom. The first-order valence-electron chi connectivity index (χ1n) is 5.83. The summed E-state index contributed by atoms with van der Waals surface area (Å²) in [6, 6.07) is 6.51. The van der Waals surface area contributed by atoms with Crippen LogP contribution < -0.4 is 10.6 Å². The van der Waals surface area contributed by atoms with Gasteiger partial charge < -0.3 is 10.6 Å². The zero-order chi connectivity index (χ0) is 15.4. The molecule has 0 aliphatic rings. The van der Waals surface area contributed by atoms with Crippen LogP contribution in [0.1, 0.15) is 10.4 Å². The molecule has 0 spiro atoms. The van der Waals surface area contributed by atoms with E-state index in [4.69, 9.17) is 23.2 Å². The fourth-order valence-corrected chi connectivity index (χ4v) is 1.86. The normalized spacial score (nSPS) is 10.0. The molecule has 0 aliphatic heterocycles. The van der Waals surface area contributed by atoms with Crippen LogP contribution in [0.15, 0.2) is 30.5 Å². The molecule has 0 saturated carbocycles. The molecule has 21 heavy (non-hydrogen) atoms. The van der Waals surface area contributed by atoms with Crippen LogP contribution >= 0.6 is 23.2 Å². The molecule has 0 aliphatic carbocycles. The van der Waals surface area contributed by atoms with Gasteiger partial charge in [0.1, 0.15) is 5.02 Å². The fraction of sp³-hybridized carbons (Fsp3) is 0.0769. The predicted molar refractivity (Wildman–Crippen MR) is 80.2 cm³/mol. The number of carbonyl (C=O) groups is 2. The van der Waals surface area contributed by atoms with Gasteiger partial charge in [0.15, 0.2) is 5.82 Å². The van der Waals surface area contributed by atoms with Crippen LogP contribution in [0.4, 0.5) is 11.5 Å². The van der Waals surface area contributed by atoms with Gasteiger partial charge in [0.25, 0.3) is 11.7 Å². The summed E-state index contributed by atoms with van der Waals surface area (Å²) in [4.78, 5) is 31.1. The Morgan fingerprint density at radius 3 is 2.62 bits per heavy atom. The molecule has 0 bridgehead atoms. The zero-order valence-electron chi connectivity index (χ0n) is 10.9. The van der Waals surface area contributed by atoms with E-state index in [0.717, 1.165) is 0 Å². The van der Waals surface area contributed by atoms with Crippen molar-refractivity contribution in [3.8, 4) is 0 Å². The van der Waals surface area contributed by atoms with Crippen LogP contribution in [-0.4, -0.2) is 28.7 Å². The lowest BCUT2D eigenvalue weighted by Gasteiger charge is -2.11. The average Bonchev–Trinajstić information content (AvgIpc) is 2.50. The second-order valence-electron chi connectivity index (χ2n) is 3.91. The number of halogens is 2. The number of benzene rings is 1. The Morgan fingerprint density at radius 1 is 1.19 bits per heavy atom. The van der Waals surface area contributed by atoms with Gasteiger partial charge >= 0.3 is 0 Å². The van der Waals surface area contributed by atoms with E-state index < -0.39 is 11.7 Å². The molecular weight excluding hydrogens is 315 g/mol. The van der Waals surface area contributed by atoms with E-state index in [0.29, 0.717) is 5.69 Å². The monoisotopic (exact) mass is 324 g/mol. The molecular formula is C13H10Cl2N4O2. The molecule has 8 heteroatoms. The second kappa shape index (κ2) is 6.51. The smallest absolute Gasteiger partial charge is 0.292 e. The molecule has 108 valence electrons. The number of anilines is 2. The number of hydrogen-bond acceptors (Lipinski definition) is 5. The van der Waals surface area contributed by atoms with Crippen LogP contribution in [0.3, 0.4) is 0 Å². The number of nitrogens with one attached hydrogen (secondary N) is 2.